The standard InChI is InChI=1S/C17H28N4S.HI/c1-13(15-6-8-22-12-15)9-19-17(18-2)20-10-14-5-7-21(11-14)16-3-4-16;/h6,8,12-14,16H,3-5,7,9-11H2,1-2H3,(H2,18,19,20);1H. The van der Waals surface area contributed by atoms with E-state index in [0.29, 0.717) is 5.92 Å². The Bertz CT molecular complexity index is 487. The van der Waals surface area contributed by atoms with E-state index in [1.54, 1.807) is 11.3 Å². The highest BCUT2D eigenvalue weighted by atomic mass is 127. The maximum atomic E-state index is 4.35. The van der Waals surface area contributed by atoms with Crippen LogP contribution in [0.25, 0.3) is 0 Å². The summed E-state index contributed by atoms with van der Waals surface area (Å²) in [5.41, 5.74) is 1.41. The van der Waals surface area contributed by atoms with Gasteiger partial charge in [-0.2, -0.15) is 11.3 Å². The Morgan fingerprint density at radius 2 is 2.22 bits per heavy atom. The van der Waals surface area contributed by atoms with Gasteiger partial charge in [0.1, 0.15) is 0 Å². The number of hydrogen-bond acceptors (Lipinski definition) is 3. The minimum atomic E-state index is 0. The lowest BCUT2D eigenvalue weighted by Gasteiger charge is -2.18. The summed E-state index contributed by atoms with van der Waals surface area (Å²) in [5.74, 6) is 2.22. The van der Waals surface area contributed by atoms with Crippen molar-refractivity contribution in [3.63, 3.8) is 0 Å². The number of hydrogen-bond donors (Lipinski definition) is 2. The van der Waals surface area contributed by atoms with Gasteiger partial charge < -0.3 is 15.5 Å². The number of guanidine groups is 1. The first-order chi connectivity index (χ1) is 10.8. The summed E-state index contributed by atoms with van der Waals surface area (Å²) in [5, 5.41) is 11.3. The van der Waals surface area contributed by atoms with Crippen LogP contribution in [0.3, 0.4) is 0 Å². The van der Waals surface area contributed by atoms with Gasteiger partial charge in [0.2, 0.25) is 0 Å². The third kappa shape index (κ3) is 5.60. The number of nitrogens with one attached hydrogen (secondary N) is 2. The monoisotopic (exact) mass is 448 g/mol. The third-order valence-corrected chi connectivity index (χ3v) is 5.55. The van der Waals surface area contributed by atoms with Crippen LogP contribution in [-0.2, 0) is 0 Å². The van der Waals surface area contributed by atoms with E-state index in [9.17, 15) is 0 Å². The minimum Gasteiger partial charge on any atom is -0.356 e. The second-order valence-electron chi connectivity index (χ2n) is 6.67. The van der Waals surface area contributed by atoms with E-state index in [4.69, 9.17) is 0 Å². The second-order valence-corrected chi connectivity index (χ2v) is 7.45. The number of rotatable bonds is 6. The van der Waals surface area contributed by atoms with Gasteiger partial charge in [-0.25, -0.2) is 0 Å². The molecule has 1 saturated heterocycles. The van der Waals surface area contributed by atoms with Gasteiger partial charge in [0.25, 0.3) is 0 Å². The Kier molecular flexibility index (Phi) is 7.62. The van der Waals surface area contributed by atoms with Crippen LogP contribution in [0.1, 0.15) is 37.7 Å². The van der Waals surface area contributed by atoms with Crippen LogP contribution in [0.15, 0.2) is 21.8 Å². The average molecular weight is 448 g/mol. The SMILES string of the molecule is CN=C(NCC1CCN(C2CC2)C1)NCC(C)c1ccsc1.I. The molecule has 1 aliphatic carbocycles. The average Bonchev–Trinajstić information content (AvgIpc) is 3.05. The zero-order valence-corrected chi connectivity index (χ0v) is 17.3. The highest BCUT2D eigenvalue weighted by Crippen LogP contribution is 2.31. The maximum Gasteiger partial charge on any atom is 0.191 e. The lowest BCUT2D eigenvalue weighted by molar-refractivity contribution is 0.314. The van der Waals surface area contributed by atoms with Gasteiger partial charge in [-0.1, -0.05) is 6.92 Å². The van der Waals surface area contributed by atoms with E-state index >= 15 is 0 Å². The van der Waals surface area contributed by atoms with Crippen LogP contribution in [0, 0.1) is 5.92 Å². The van der Waals surface area contributed by atoms with E-state index in [0.717, 1.165) is 31.0 Å². The highest BCUT2D eigenvalue weighted by Gasteiger charge is 2.34. The minimum absolute atomic E-state index is 0. The molecule has 1 aromatic rings. The molecule has 2 aliphatic rings. The van der Waals surface area contributed by atoms with Crippen molar-refractivity contribution >= 4 is 41.3 Å². The highest BCUT2D eigenvalue weighted by molar-refractivity contribution is 14.0. The Morgan fingerprint density at radius 1 is 1.39 bits per heavy atom. The molecule has 0 spiro atoms. The Morgan fingerprint density at radius 3 is 2.87 bits per heavy atom. The summed E-state index contributed by atoms with van der Waals surface area (Å²) in [6.07, 6.45) is 4.17. The van der Waals surface area contributed by atoms with E-state index in [-0.39, 0.29) is 24.0 Å². The fourth-order valence-corrected chi connectivity index (χ4v) is 3.97. The normalized spacial score (nSPS) is 23.4. The molecule has 2 N–H and O–H groups in total. The summed E-state index contributed by atoms with van der Waals surface area (Å²) >= 11 is 1.76. The molecular formula is C17H29IN4S. The molecule has 2 fully saturated rings. The van der Waals surface area contributed by atoms with Crippen molar-refractivity contribution in [3.8, 4) is 0 Å². The molecule has 0 radical (unpaired) electrons. The number of likely N-dealkylation sites (tertiary alicyclic amines) is 1. The van der Waals surface area contributed by atoms with Crippen LogP contribution < -0.4 is 10.6 Å². The molecule has 2 atom stereocenters. The topological polar surface area (TPSA) is 39.7 Å². The molecule has 0 bridgehead atoms. The van der Waals surface area contributed by atoms with E-state index in [1.807, 2.05) is 7.05 Å². The fraction of sp³-hybridized carbons (Fsp3) is 0.706. The Labute approximate surface area is 161 Å². The molecule has 2 heterocycles. The molecule has 1 aromatic heterocycles. The van der Waals surface area contributed by atoms with Gasteiger partial charge in [-0.15, -0.1) is 24.0 Å². The Hall–Kier alpha value is -0.340. The van der Waals surface area contributed by atoms with Gasteiger partial charge in [0, 0.05) is 32.7 Å². The number of nitrogens with zero attached hydrogens (tertiary/aromatic N) is 2. The first-order valence-corrected chi connectivity index (χ1v) is 9.41. The number of halogens is 1. The zero-order valence-electron chi connectivity index (χ0n) is 14.1. The molecule has 6 heteroatoms. The van der Waals surface area contributed by atoms with Crippen LogP contribution in [0.2, 0.25) is 0 Å². The van der Waals surface area contributed by atoms with Crippen molar-refractivity contribution < 1.29 is 0 Å². The maximum absolute atomic E-state index is 4.35. The molecule has 1 aliphatic heterocycles. The lowest BCUT2D eigenvalue weighted by Crippen LogP contribution is -2.41. The van der Waals surface area contributed by atoms with Crippen molar-refractivity contribution in [2.45, 2.75) is 38.1 Å². The zero-order chi connectivity index (χ0) is 15.4. The van der Waals surface area contributed by atoms with Gasteiger partial charge in [0.05, 0.1) is 0 Å². The lowest BCUT2D eigenvalue weighted by atomic mass is 10.1. The molecule has 23 heavy (non-hydrogen) atoms. The Balaban J connectivity index is 0.00000192. The first-order valence-electron chi connectivity index (χ1n) is 8.47. The summed E-state index contributed by atoms with van der Waals surface area (Å²) in [6, 6.07) is 3.12. The largest absolute Gasteiger partial charge is 0.356 e. The summed E-state index contributed by atoms with van der Waals surface area (Å²) < 4.78 is 0. The second kappa shape index (κ2) is 9.22. The van der Waals surface area contributed by atoms with Crippen molar-refractivity contribution in [1.29, 1.82) is 0 Å². The molecule has 130 valence electrons. The van der Waals surface area contributed by atoms with Crippen molar-refractivity contribution in [2.24, 2.45) is 10.9 Å². The molecule has 0 aromatic carbocycles. The van der Waals surface area contributed by atoms with Crippen molar-refractivity contribution in [3.05, 3.63) is 22.4 Å². The molecule has 1 saturated carbocycles. The van der Waals surface area contributed by atoms with E-state index in [1.165, 1.54) is 37.9 Å². The predicted molar refractivity (Wildman–Crippen MR) is 110 cm³/mol. The summed E-state index contributed by atoms with van der Waals surface area (Å²) in [6.45, 7) is 6.77. The van der Waals surface area contributed by atoms with Gasteiger partial charge >= 0.3 is 0 Å². The molecular weight excluding hydrogens is 419 g/mol. The molecule has 3 rings (SSSR count). The molecule has 2 unspecified atom stereocenters. The summed E-state index contributed by atoms with van der Waals surface area (Å²) in [7, 11) is 1.86. The van der Waals surface area contributed by atoms with Gasteiger partial charge in [0.15, 0.2) is 5.96 Å². The predicted octanol–water partition coefficient (Wildman–Crippen LogP) is 3.12. The first kappa shape index (κ1) is 19.0. The van der Waals surface area contributed by atoms with E-state index < -0.39 is 0 Å². The van der Waals surface area contributed by atoms with Crippen molar-refractivity contribution in [1.82, 2.24) is 15.5 Å². The van der Waals surface area contributed by atoms with E-state index in [2.05, 4.69) is 44.3 Å². The third-order valence-electron chi connectivity index (χ3n) is 4.85. The fourth-order valence-electron chi connectivity index (χ4n) is 3.19. The van der Waals surface area contributed by atoms with Crippen LogP contribution in [0.5, 0.6) is 0 Å². The molecule has 4 nitrogen and oxygen atoms in total. The van der Waals surface area contributed by atoms with Crippen LogP contribution >= 0.6 is 35.3 Å². The van der Waals surface area contributed by atoms with Crippen molar-refractivity contribution in [2.75, 3.05) is 33.2 Å². The number of thiophene rings is 1. The van der Waals surface area contributed by atoms with Gasteiger partial charge in [-0.3, -0.25) is 4.99 Å². The van der Waals surface area contributed by atoms with Gasteiger partial charge in [-0.05, 0) is 60.0 Å². The summed E-state index contributed by atoms with van der Waals surface area (Å²) in [4.78, 5) is 7.02. The quantitative estimate of drug-likeness (QED) is 0.399. The molecule has 0 amide bonds. The van der Waals surface area contributed by atoms with Crippen LogP contribution in [-0.4, -0.2) is 50.1 Å². The number of aliphatic imine (C=N–C) groups is 1. The smallest absolute Gasteiger partial charge is 0.191 e. The van der Waals surface area contributed by atoms with Crippen LogP contribution in [0.4, 0.5) is 0 Å².